The molecular weight excluding hydrogens is 236 g/mol. The van der Waals surface area contributed by atoms with Gasteiger partial charge < -0.3 is 15.1 Å². The Morgan fingerprint density at radius 1 is 1.53 bits per heavy atom. The molecule has 0 radical (unpaired) electrons. The van der Waals surface area contributed by atoms with Gasteiger partial charge in [0.1, 0.15) is 0 Å². The molecule has 1 saturated heterocycles. The van der Waals surface area contributed by atoms with Crippen molar-refractivity contribution in [2.45, 2.75) is 25.8 Å². The SMILES string of the molecule is C=C(NCCC)c1ccc2c(n1)N(C)C1CCN2C1. The molecule has 19 heavy (non-hydrogen) atoms. The van der Waals surface area contributed by atoms with Crippen LogP contribution in [-0.2, 0) is 0 Å². The van der Waals surface area contributed by atoms with Gasteiger partial charge in [0.2, 0.25) is 0 Å². The second-order valence-corrected chi connectivity index (χ2v) is 5.44. The molecule has 1 N–H and O–H groups in total. The van der Waals surface area contributed by atoms with Gasteiger partial charge in [0.05, 0.1) is 17.1 Å². The quantitative estimate of drug-likeness (QED) is 0.896. The first-order chi connectivity index (χ1) is 9.20. The average Bonchev–Trinajstić information content (AvgIpc) is 2.88. The summed E-state index contributed by atoms with van der Waals surface area (Å²) in [5.41, 5.74) is 3.15. The summed E-state index contributed by atoms with van der Waals surface area (Å²) in [6.45, 7) is 9.47. The summed E-state index contributed by atoms with van der Waals surface area (Å²) >= 11 is 0. The zero-order chi connectivity index (χ0) is 13.4. The Hall–Kier alpha value is -1.71. The molecule has 1 unspecified atom stereocenters. The molecule has 4 heteroatoms. The molecule has 0 aliphatic carbocycles. The van der Waals surface area contributed by atoms with Gasteiger partial charge in [0.25, 0.3) is 0 Å². The van der Waals surface area contributed by atoms with Crippen molar-refractivity contribution in [2.75, 3.05) is 36.5 Å². The lowest BCUT2D eigenvalue weighted by Gasteiger charge is -2.34. The van der Waals surface area contributed by atoms with Crippen molar-refractivity contribution in [3.8, 4) is 0 Å². The second-order valence-electron chi connectivity index (χ2n) is 5.44. The van der Waals surface area contributed by atoms with Gasteiger partial charge in [-0.05, 0) is 25.0 Å². The highest BCUT2D eigenvalue weighted by molar-refractivity contribution is 5.74. The molecule has 3 rings (SSSR count). The van der Waals surface area contributed by atoms with Crippen LogP contribution in [0.4, 0.5) is 11.5 Å². The van der Waals surface area contributed by atoms with Gasteiger partial charge in [-0.1, -0.05) is 13.5 Å². The first kappa shape index (κ1) is 12.3. The molecule has 0 aromatic carbocycles. The summed E-state index contributed by atoms with van der Waals surface area (Å²) in [6, 6.07) is 4.89. The number of aromatic nitrogens is 1. The van der Waals surface area contributed by atoms with Gasteiger partial charge in [0.15, 0.2) is 5.82 Å². The van der Waals surface area contributed by atoms with Gasteiger partial charge in [-0.2, -0.15) is 0 Å². The van der Waals surface area contributed by atoms with Crippen LogP contribution < -0.4 is 15.1 Å². The van der Waals surface area contributed by atoms with Crippen LogP contribution >= 0.6 is 0 Å². The molecule has 2 bridgehead atoms. The molecule has 0 amide bonds. The number of hydrogen-bond acceptors (Lipinski definition) is 4. The molecule has 2 aliphatic rings. The van der Waals surface area contributed by atoms with Crippen molar-refractivity contribution in [1.29, 1.82) is 0 Å². The number of rotatable bonds is 4. The largest absolute Gasteiger partial charge is 0.384 e. The van der Waals surface area contributed by atoms with Crippen molar-refractivity contribution in [3.05, 3.63) is 24.4 Å². The van der Waals surface area contributed by atoms with E-state index in [0.29, 0.717) is 6.04 Å². The predicted molar refractivity (Wildman–Crippen MR) is 80.6 cm³/mol. The molecule has 1 aromatic heterocycles. The number of fused-ring (bicyclic) bond motifs is 4. The van der Waals surface area contributed by atoms with Crippen LogP contribution in [0.2, 0.25) is 0 Å². The first-order valence-electron chi connectivity index (χ1n) is 7.12. The van der Waals surface area contributed by atoms with E-state index in [1.807, 2.05) is 0 Å². The summed E-state index contributed by atoms with van der Waals surface area (Å²) in [5, 5.41) is 3.32. The minimum Gasteiger partial charge on any atom is -0.384 e. The van der Waals surface area contributed by atoms with E-state index >= 15 is 0 Å². The Bertz CT molecular complexity index is 497. The highest BCUT2D eigenvalue weighted by Gasteiger charge is 2.34. The molecule has 3 heterocycles. The lowest BCUT2D eigenvalue weighted by molar-refractivity contribution is 0.672. The summed E-state index contributed by atoms with van der Waals surface area (Å²) in [6.07, 6.45) is 2.33. The van der Waals surface area contributed by atoms with Crippen LogP contribution in [0.25, 0.3) is 5.70 Å². The molecule has 102 valence electrons. The highest BCUT2D eigenvalue weighted by atomic mass is 15.3. The molecule has 4 nitrogen and oxygen atoms in total. The number of likely N-dealkylation sites (N-methyl/N-ethyl adjacent to an activating group) is 1. The number of hydrogen-bond donors (Lipinski definition) is 1. The fraction of sp³-hybridized carbons (Fsp3) is 0.533. The number of pyridine rings is 1. The van der Waals surface area contributed by atoms with E-state index in [4.69, 9.17) is 4.98 Å². The Labute approximate surface area is 115 Å². The normalized spacial score (nSPS) is 20.4. The summed E-state index contributed by atoms with van der Waals surface area (Å²) in [5.74, 6) is 1.10. The van der Waals surface area contributed by atoms with Crippen molar-refractivity contribution in [2.24, 2.45) is 0 Å². The smallest absolute Gasteiger partial charge is 0.153 e. The maximum absolute atomic E-state index is 4.81. The summed E-state index contributed by atoms with van der Waals surface area (Å²) in [7, 11) is 2.16. The van der Waals surface area contributed by atoms with Crippen molar-refractivity contribution in [1.82, 2.24) is 10.3 Å². The Balaban J connectivity index is 1.89. The minimum atomic E-state index is 0.618. The fourth-order valence-corrected chi connectivity index (χ4v) is 2.93. The van der Waals surface area contributed by atoms with Crippen LogP contribution in [0.5, 0.6) is 0 Å². The van der Waals surface area contributed by atoms with Crippen LogP contribution in [0.15, 0.2) is 18.7 Å². The predicted octanol–water partition coefficient (Wildman–Crippen LogP) is 2.08. The molecular formula is C15H22N4. The van der Waals surface area contributed by atoms with E-state index in [2.05, 4.69) is 47.8 Å². The molecule has 0 saturated carbocycles. The Morgan fingerprint density at radius 2 is 2.37 bits per heavy atom. The maximum Gasteiger partial charge on any atom is 0.153 e. The molecule has 1 fully saturated rings. The maximum atomic E-state index is 4.81. The van der Waals surface area contributed by atoms with E-state index in [1.165, 1.54) is 12.1 Å². The van der Waals surface area contributed by atoms with Gasteiger partial charge in [0, 0.05) is 32.7 Å². The molecule has 2 aliphatic heterocycles. The van der Waals surface area contributed by atoms with E-state index in [9.17, 15) is 0 Å². The van der Waals surface area contributed by atoms with Gasteiger partial charge >= 0.3 is 0 Å². The molecule has 0 spiro atoms. The van der Waals surface area contributed by atoms with Crippen LogP contribution in [0.1, 0.15) is 25.5 Å². The van der Waals surface area contributed by atoms with Gasteiger partial charge in [-0.15, -0.1) is 0 Å². The summed E-state index contributed by atoms with van der Waals surface area (Å²) in [4.78, 5) is 9.58. The Kier molecular flexibility index (Phi) is 3.09. The van der Waals surface area contributed by atoms with Crippen molar-refractivity contribution in [3.63, 3.8) is 0 Å². The molecule has 1 atom stereocenters. The Morgan fingerprint density at radius 3 is 3.16 bits per heavy atom. The van der Waals surface area contributed by atoms with Crippen molar-refractivity contribution < 1.29 is 0 Å². The van der Waals surface area contributed by atoms with Gasteiger partial charge in [-0.25, -0.2) is 4.98 Å². The van der Waals surface area contributed by atoms with E-state index < -0.39 is 0 Å². The van der Waals surface area contributed by atoms with Crippen LogP contribution in [-0.4, -0.2) is 37.7 Å². The van der Waals surface area contributed by atoms with E-state index in [-0.39, 0.29) is 0 Å². The lowest BCUT2D eigenvalue weighted by Crippen LogP contribution is -2.40. The number of nitrogens with zero attached hydrogens (tertiary/aromatic N) is 3. The topological polar surface area (TPSA) is 31.4 Å². The number of anilines is 2. The third-order valence-corrected chi connectivity index (χ3v) is 4.14. The van der Waals surface area contributed by atoms with Crippen molar-refractivity contribution >= 4 is 17.2 Å². The number of nitrogens with one attached hydrogen (secondary N) is 1. The van der Waals surface area contributed by atoms with Gasteiger partial charge in [-0.3, -0.25) is 0 Å². The zero-order valence-electron chi connectivity index (χ0n) is 11.8. The third-order valence-electron chi connectivity index (χ3n) is 4.14. The fourth-order valence-electron chi connectivity index (χ4n) is 2.93. The van der Waals surface area contributed by atoms with Crippen LogP contribution in [0.3, 0.4) is 0 Å². The minimum absolute atomic E-state index is 0.618. The van der Waals surface area contributed by atoms with Crippen LogP contribution in [0, 0.1) is 0 Å². The second kappa shape index (κ2) is 4.76. The standard InChI is InChI=1S/C15H22N4/c1-4-8-16-11(2)13-5-6-14-15(17-13)18(3)12-7-9-19(14)10-12/h5-6,12,16H,2,4,7-10H2,1,3H3. The monoisotopic (exact) mass is 258 g/mol. The van der Waals surface area contributed by atoms with E-state index in [1.54, 1.807) is 0 Å². The highest BCUT2D eigenvalue weighted by Crippen LogP contribution is 2.38. The molecule has 1 aromatic rings. The lowest BCUT2D eigenvalue weighted by atomic mass is 10.2. The zero-order valence-corrected chi connectivity index (χ0v) is 11.8. The third kappa shape index (κ3) is 2.05. The average molecular weight is 258 g/mol. The summed E-state index contributed by atoms with van der Waals surface area (Å²) < 4.78 is 0. The van der Waals surface area contributed by atoms with E-state index in [0.717, 1.165) is 43.3 Å². The first-order valence-corrected chi connectivity index (χ1v) is 7.12.